The van der Waals surface area contributed by atoms with Crippen LogP contribution in [0, 0.1) is 0 Å². The molecule has 1 N–H and O–H groups in total. The van der Waals surface area contributed by atoms with E-state index < -0.39 is 10.0 Å². The van der Waals surface area contributed by atoms with E-state index in [1.54, 1.807) is 30.5 Å². The molecule has 0 spiro atoms. The molecule has 1 aromatic carbocycles. The van der Waals surface area contributed by atoms with E-state index in [9.17, 15) is 13.2 Å². The Balaban J connectivity index is 1.41. The molecule has 2 fully saturated rings. The molecule has 2 aliphatic heterocycles. The van der Waals surface area contributed by atoms with Gasteiger partial charge in [-0.3, -0.25) is 14.0 Å². The minimum absolute atomic E-state index is 0.0236. The first kappa shape index (κ1) is 19.0. The third-order valence-electron chi connectivity index (χ3n) is 5.43. The van der Waals surface area contributed by atoms with Crippen LogP contribution in [0.1, 0.15) is 41.4 Å². The molecule has 28 heavy (non-hydrogen) atoms. The molecule has 0 aliphatic carbocycles. The summed E-state index contributed by atoms with van der Waals surface area (Å²) in [6, 6.07) is 10.6. The van der Waals surface area contributed by atoms with Crippen LogP contribution < -0.4 is 9.62 Å². The maximum absolute atomic E-state index is 12.6. The second-order valence-corrected chi connectivity index (χ2v) is 9.29. The van der Waals surface area contributed by atoms with Gasteiger partial charge in [-0.05, 0) is 68.8 Å². The number of likely N-dealkylation sites (tertiary alicyclic amines) is 1. The zero-order chi connectivity index (χ0) is 19.6. The van der Waals surface area contributed by atoms with Crippen LogP contribution in [0.3, 0.4) is 0 Å². The molecule has 3 heterocycles. The molecular formula is C20H25N3O4S. The van der Waals surface area contributed by atoms with Gasteiger partial charge in [0.15, 0.2) is 0 Å². The van der Waals surface area contributed by atoms with Gasteiger partial charge >= 0.3 is 0 Å². The van der Waals surface area contributed by atoms with Crippen molar-refractivity contribution < 1.29 is 17.6 Å². The summed E-state index contributed by atoms with van der Waals surface area (Å²) >= 11 is 0. The average Bonchev–Trinajstić information content (AvgIpc) is 3.44. The second-order valence-electron chi connectivity index (χ2n) is 7.27. The van der Waals surface area contributed by atoms with E-state index in [0.717, 1.165) is 31.7 Å². The van der Waals surface area contributed by atoms with Crippen LogP contribution in [0.25, 0.3) is 0 Å². The highest BCUT2D eigenvalue weighted by Crippen LogP contribution is 2.26. The summed E-state index contributed by atoms with van der Waals surface area (Å²) in [6.45, 7) is 2.96. The van der Waals surface area contributed by atoms with E-state index in [2.05, 4.69) is 10.2 Å². The van der Waals surface area contributed by atoms with E-state index in [-0.39, 0.29) is 17.7 Å². The predicted molar refractivity (Wildman–Crippen MR) is 107 cm³/mol. The van der Waals surface area contributed by atoms with E-state index >= 15 is 0 Å². The molecule has 1 amide bonds. The van der Waals surface area contributed by atoms with Gasteiger partial charge in [0.05, 0.1) is 23.7 Å². The molecule has 1 unspecified atom stereocenters. The summed E-state index contributed by atoms with van der Waals surface area (Å²) in [5, 5.41) is 3.00. The van der Waals surface area contributed by atoms with Crippen LogP contribution in [0.5, 0.6) is 0 Å². The Morgan fingerprint density at radius 1 is 1.07 bits per heavy atom. The van der Waals surface area contributed by atoms with E-state index in [0.29, 0.717) is 30.8 Å². The molecule has 1 atom stereocenters. The third kappa shape index (κ3) is 3.93. The highest BCUT2D eigenvalue weighted by Gasteiger charge is 2.29. The minimum Gasteiger partial charge on any atom is -0.468 e. The third-order valence-corrected chi connectivity index (χ3v) is 7.30. The zero-order valence-electron chi connectivity index (χ0n) is 15.7. The normalized spacial score (nSPS) is 20.4. The second kappa shape index (κ2) is 7.97. The van der Waals surface area contributed by atoms with Crippen LogP contribution in [-0.4, -0.2) is 51.2 Å². The van der Waals surface area contributed by atoms with E-state index in [1.165, 1.54) is 4.31 Å². The summed E-state index contributed by atoms with van der Waals surface area (Å²) in [5.74, 6) is 0.864. The molecule has 2 saturated heterocycles. The number of nitrogens with zero attached hydrogens (tertiary/aromatic N) is 2. The lowest BCUT2D eigenvalue weighted by atomic mass is 10.1. The fourth-order valence-corrected chi connectivity index (χ4v) is 5.51. The minimum atomic E-state index is -3.21. The van der Waals surface area contributed by atoms with Gasteiger partial charge in [0.25, 0.3) is 5.91 Å². The van der Waals surface area contributed by atoms with Crippen molar-refractivity contribution in [3.8, 4) is 0 Å². The van der Waals surface area contributed by atoms with Crippen molar-refractivity contribution in [3.05, 3.63) is 54.0 Å². The molecule has 2 aliphatic rings. The SMILES string of the molecule is O=C(NCC(c1ccco1)N1CCCC1)c1ccc(N2CCCS2(=O)=O)cc1. The number of hydrogen-bond donors (Lipinski definition) is 1. The standard InChI is InChI=1S/C20H25N3O4S/c24-20(16-6-8-17(9-7-16)23-12-4-14-28(23,25)26)21-15-18(19-5-3-13-27-19)22-10-1-2-11-22/h3,5-9,13,18H,1-2,4,10-12,14-15H2,(H,21,24). The molecule has 4 rings (SSSR count). The molecular weight excluding hydrogens is 378 g/mol. The average molecular weight is 404 g/mol. The Morgan fingerprint density at radius 3 is 2.43 bits per heavy atom. The Hall–Kier alpha value is -2.32. The highest BCUT2D eigenvalue weighted by atomic mass is 32.2. The molecule has 1 aromatic heterocycles. The maximum atomic E-state index is 12.6. The lowest BCUT2D eigenvalue weighted by Gasteiger charge is -2.26. The van der Waals surface area contributed by atoms with Gasteiger partial charge in [0, 0.05) is 18.7 Å². The number of amides is 1. The van der Waals surface area contributed by atoms with Gasteiger partial charge in [-0.15, -0.1) is 0 Å². The highest BCUT2D eigenvalue weighted by molar-refractivity contribution is 7.93. The molecule has 0 radical (unpaired) electrons. The number of anilines is 1. The predicted octanol–water partition coefficient (Wildman–Crippen LogP) is 2.39. The summed E-state index contributed by atoms with van der Waals surface area (Å²) in [7, 11) is -3.21. The molecule has 0 bridgehead atoms. The smallest absolute Gasteiger partial charge is 0.251 e. The molecule has 0 saturated carbocycles. The summed E-state index contributed by atoms with van der Waals surface area (Å²) in [4.78, 5) is 14.9. The molecule has 150 valence electrons. The number of carbonyl (C=O) groups is 1. The summed E-state index contributed by atoms with van der Waals surface area (Å²) in [6.07, 6.45) is 4.61. The summed E-state index contributed by atoms with van der Waals surface area (Å²) < 4.78 is 31.1. The molecule has 7 nitrogen and oxygen atoms in total. The van der Waals surface area contributed by atoms with Crippen LogP contribution in [0.2, 0.25) is 0 Å². The topological polar surface area (TPSA) is 82.9 Å². The van der Waals surface area contributed by atoms with E-state index in [1.807, 2.05) is 12.1 Å². The van der Waals surface area contributed by atoms with Gasteiger partial charge in [-0.25, -0.2) is 8.42 Å². The lowest BCUT2D eigenvalue weighted by molar-refractivity contribution is 0.0934. The van der Waals surface area contributed by atoms with Crippen LogP contribution in [0.15, 0.2) is 47.1 Å². The van der Waals surface area contributed by atoms with Crippen LogP contribution in [-0.2, 0) is 10.0 Å². The molecule has 8 heteroatoms. The fourth-order valence-electron chi connectivity index (χ4n) is 3.94. The number of hydrogen-bond acceptors (Lipinski definition) is 5. The first-order valence-corrected chi connectivity index (χ1v) is 11.3. The van der Waals surface area contributed by atoms with Gasteiger partial charge in [0.2, 0.25) is 10.0 Å². The van der Waals surface area contributed by atoms with Gasteiger partial charge < -0.3 is 9.73 Å². The monoisotopic (exact) mass is 403 g/mol. The van der Waals surface area contributed by atoms with Crippen molar-refractivity contribution in [2.24, 2.45) is 0 Å². The number of nitrogens with one attached hydrogen (secondary N) is 1. The largest absolute Gasteiger partial charge is 0.468 e. The van der Waals surface area contributed by atoms with Crippen molar-refractivity contribution in [1.29, 1.82) is 0 Å². The van der Waals surface area contributed by atoms with Gasteiger partial charge in [-0.1, -0.05) is 0 Å². The number of rotatable bonds is 6. The van der Waals surface area contributed by atoms with Gasteiger partial charge in [-0.2, -0.15) is 0 Å². The quantitative estimate of drug-likeness (QED) is 0.801. The zero-order valence-corrected chi connectivity index (χ0v) is 16.5. The number of furan rings is 1. The van der Waals surface area contributed by atoms with E-state index in [4.69, 9.17) is 4.42 Å². The first-order valence-electron chi connectivity index (χ1n) is 9.71. The Morgan fingerprint density at radius 2 is 1.82 bits per heavy atom. The Bertz CT molecular complexity index is 903. The fraction of sp³-hybridized carbons (Fsp3) is 0.450. The number of carbonyl (C=O) groups excluding carboxylic acids is 1. The van der Waals surface area contributed by atoms with Crippen molar-refractivity contribution in [2.75, 3.05) is 36.2 Å². The maximum Gasteiger partial charge on any atom is 0.251 e. The van der Waals surface area contributed by atoms with Crippen molar-refractivity contribution in [3.63, 3.8) is 0 Å². The number of benzene rings is 1. The van der Waals surface area contributed by atoms with Crippen LogP contribution in [0.4, 0.5) is 5.69 Å². The molecule has 2 aromatic rings. The van der Waals surface area contributed by atoms with Crippen molar-refractivity contribution >= 4 is 21.6 Å². The lowest BCUT2D eigenvalue weighted by Crippen LogP contribution is -2.36. The Kier molecular flexibility index (Phi) is 5.41. The van der Waals surface area contributed by atoms with Crippen molar-refractivity contribution in [2.45, 2.75) is 25.3 Å². The van der Waals surface area contributed by atoms with Gasteiger partial charge in [0.1, 0.15) is 5.76 Å². The number of sulfonamides is 1. The van der Waals surface area contributed by atoms with Crippen molar-refractivity contribution in [1.82, 2.24) is 10.2 Å². The first-order chi connectivity index (χ1) is 13.5. The van der Waals surface area contributed by atoms with Crippen LogP contribution >= 0.6 is 0 Å². The summed E-state index contributed by atoms with van der Waals surface area (Å²) in [5.41, 5.74) is 1.12. The Labute approximate surface area is 165 Å².